The first-order valence-electron chi connectivity index (χ1n) is 3.68. The highest BCUT2D eigenvalue weighted by Gasteiger charge is 2.06. The summed E-state index contributed by atoms with van der Waals surface area (Å²) in [4.78, 5) is 14.2. The zero-order valence-electron chi connectivity index (χ0n) is 6.60. The summed E-state index contributed by atoms with van der Waals surface area (Å²) in [6, 6.07) is 6.81. The molecule has 0 aliphatic heterocycles. The molecule has 4 heteroatoms. The summed E-state index contributed by atoms with van der Waals surface area (Å²) < 4.78 is 0.614. The lowest BCUT2D eigenvalue weighted by Crippen LogP contribution is -2.28. The third-order valence-electron chi connectivity index (χ3n) is 1.70. The van der Waals surface area contributed by atoms with E-state index in [0.29, 0.717) is 15.8 Å². The summed E-state index contributed by atoms with van der Waals surface area (Å²) in [6.07, 6.45) is 2.68. The van der Waals surface area contributed by atoms with Crippen molar-refractivity contribution in [1.82, 2.24) is 4.98 Å². The largest absolute Gasteiger partial charge is 0.618 e. The molecule has 0 saturated carbocycles. The van der Waals surface area contributed by atoms with E-state index in [4.69, 9.17) is 0 Å². The van der Waals surface area contributed by atoms with Crippen LogP contribution in [0.1, 0.15) is 5.69 Å². The van der Waals surface area contributed by atoms with E-state index in [2.05, 4.69) is 4.98 Å². The maximum absolute atomic E-state index is 11.3. The number of fused-ring (bicyclic) bond motifs is 1. The Balaban J connectivity index is 2.84. The fourth-order valence-electron chi connectivity index (χ4n) is 1.13. The summed E-state index contributed by atoms with van der Waals surface area (Å²) in [5, 5.41) is 11.3. The second-order valence-electron chi connectivity index (χ2n) is 2.54. The van der Waals surface area contributed by atoms with Gasteiger partial charge in [0.05, 0.1) is 0 Å². The predicted molar refractivity (Wildman–Crippen MR) is 45.5 cm³/mol. The Labute approximate surface area is 74.0 Å². The molecule has 0 spiro atoms. The fourth-order valence-corrected chi connectivity index (χ4v) is 1.13. The Morgan fingerprint density at radius 2 is 2.15 bits per heavy atom. The fraction of sp³-hybridized carbons (Fsp3) is 0. The highest BCUT2D eigenvalue weighted by atomic mass is 16.5. The van der Waals surface area contributed by atoms with Gasteiger partial charge in [-0.2, -0.15) is 4.73 Å². The number of benzene rings is 1. The Morgan fingerprint density at radius 1 is 1.38 bits per heavy atom. The average Bonchev–Trinajstić information content (AvgIpc) is 2.18. The molecule has 4 nitrogen and oxygen atoms in total. The van der Waals surface area contributed by atoms with E-state index in [1.165, 1.54) is 0 Å². The van der Waals surface area contributed by atoms with Crippen LogP contribution in [0.15, 0.2) is 30.5 Å². The lowest BCUT2D eigenvalue weighted by Gasteiger charge is -1.99. The number of carbonyl (C=O) groups excluding carboxylic acids is 1. The van der Waals surface area contributed by atoms with Crippen LogP contribution in [0.25, 0.3) is 11.0 Å². The quantitative estimate of drug-likeness (QED) is 0.461. The van der Waals surface area contributed by atoms with Crippen molar-refractivity contribution in [2.45, 2.75) is 0 Å². The minimum Gasteiger partial charge on any atom is -0.618 e. The van der Waals surface area contributed by atoms with E-state index in [-0.39, 0.29) is 5.69 Å². The summed E-state index contributed by atoms with van der Waals surface area (Å²) in [5.41, 5.74) is 0.966. The molecule has 2 aromatic rings. The number of nitrogens with zero attached hydrogens (tertiary/aromatic N) is 2. The molecule has 0 N–H and O–H groups in total. The third-order valence-corrected chi connectivity index (χ3v) is 1.70. The molecule has 0 aliphatic rings. The van der Waals surface area contributed by atoms with E-state index in [1.54, 1.807) is 30.6 Å². The monoisotopic (exact) mass is 173 g/mol. The van der Waals surface area contributed by atoms with Crippen LogP contribution in [0.3, 0.4) is 0 Å². The molecular formula is C9H5N2O2. The minimum absolute atomic E-state index is 0.0219. The van der Waals surface area contributed by atoms with Crippen LogP contribution in [-0.4, -0.2) is 11.3 Å². The number of rotatable bonds is 1. The van der Waals surface area contributed by atoms with Crippen LogP contribution in [0.2, 0.25) is 0 Å². The molecule has 0 aliphatic carbocycles. The molecule has 63 valence electrons. The van der Waals surface area contributed by atoms with Crippen molar-refractivity contribution in [1.29, 1.82) is 0 Å². The number of hydrogen-bond donors (Lipinski definition) is 0. The van der Waals surface area contributed by atoms with Crippen molar-refractivity contribution < 1.29 is 9.52 Å². The Bertz CT molecular complexity index is 468. The lowest BCUT2D eigenvalue weighted by molar-refractivity contribution is -0.577. The average molecular weight is 173 g/mol. The van der Waals surface area contributed by atoms with Crippen molar-refractivity contribution in [2.24, 2.45) is 0 Å². The highest BCUT2D eigenvalue weighted by molar-refractivity contribution is 5.77. The van der Waals surface area contributed by atoms with Crippen LogP contribution in [0.4, 0.5) is 0 Å². The first kappa shape index (κ1) is 7.67. The predicted octanol–water partition coefficient (Wildman–Crippen LogP) is 0.326. The molecule has 0 atom stereocenters. The lowest BCUT2D eigenvalue weighted by atomic mass is 10.3. The van der Waals surface area contributed by atoms with E-state index >= 15 is 0 Å². The minimum atomic E-state index is 0.0219. The van der Waals surface area contributed by atoms with Gasteiger partial charge in [-0.05, 0) is 6.07 Å². The standard InChI is InChI=1S/C9H5N2O2/c12-6-7-5-11(13)9-4-2-1-3-8(9)10-7/h1-5H. The van der Waals surface area contributed by atoms with Crippen LogP contribution in [-0.2, 0) is 4.79 Å². The zero-order chi connectivity index (χ0) is 9.26. The van der Waals surface area contributed by atoms with Crippen molar-refractivity contribution >= 4 is 17.3 Å². The molecule has 2 rings (SSSR count). The summed E-state index contributed by atoms with van der Waals surface area (Å²) in [7, 11) is 0. The van der Waals surface area contributed by atoms with Gasteiger partial charge in [-0.3, -0.25) is 4.79 Å². The zero-order valence-corrected chi connectivity index (χ0v) is 6.60. The van der Waals surface area contributed by atoms with E-state index in [1.807, 2.05) is 0 Å². The van der Waals surface area contributed by atoms with Crippen LogP contribution in [0, 0.1) is 5.21 Å². The van der Waals surface area contributed by atoms with Gasteiger partial charge in [-0.1, -0.05) is 12.1 Å². The Morgan fingerprint density at radius 3 is 2.92 bits per heavy atom. The number of hydrogen-bond acceptors (Lipinski definition) is 3. The van der Waals surface area contributed by atoms with Gasteiger partial charge in [-0.15, -0.1) is 0 Å². The van der Waals surface area contributed by atoms with Crippen LogP contribution >= 0.6 is 0 Å². The first-order chi connectivity index (χ1) is 6.31. The van der Waals surface area contributed by atoms with Gasteiger partial charge in [0, 0.05) is 6.07 Å². The SMILES string of the molecule is O=[C]c1c[n+]([O-])c2ccccc2n1. The molecule has 1 radical (unpaired) electrons. The van der Waals surface area contributed by atoms with E-state index < -0.39 is 0 Å². The van der Waals surface area contributed by atoms with Crippen LogP contribution in [0.5, 0.6) is 0 Å². The van der Waals surface area contributed by atoms with Gasteiger partial charge < -0.3 is 5.21 Å². The molecule has 1 aromatic heterocycles. The molecule has 0 unspecified atom stereocenters. The van der Waals surface area contributed by atoms with Crippen LogP contribution < -0.4 is 4.73 Å². The number of aromatic nitrogens is 2. The molecule has 0 amide bonds. The Kier molecular flexibility index (Phi) is 1.66. The molecule has 1 heterocycles. The molecular weight excluding hydrogens is 168 g/mol. The van der Waals surface area contributed by atoms with Gasteiger partial charge in [0.25, 0.3) is 6.29 Å². The van der Waals surface area contributed by atoms with Gasteiger partial charge in [0.1, 0.15) is 5.52 Å². The second-order valence-corrected chi connectivity index (χ2v) is 2.54. The summed E-state index contributed by atoms with van der Waals surface area (Å²) in [5.74, 6) is 0. The molecule has 0 fully saturated rings. The van der Waals surface area contributed by atoms with Crippen molar-refractivity contribution in [3.63, 3.8) is 0 Å². The van der Waals surface area contributed by atoms with Crippen molar-refractivity contribution in [2.75, 3.05) is 0 Å². The topological polar surface area (TPSA) is 56.9 Å². The first-order valence-corrected chi connectivity index (χ1v) is 3.68. The van der Waals surface area contributed by atoms with Gasteiger partial charge in [-0.25, -0.2) is 4.98 Å². The smallest absolute Gasteiger partial charge is 0.259 e. The molecule has 1 aromatic carbocycles. The Hall–Kier alpha value is -1.97. The molecule has 13 heavy (non-hydrogen) atoms. The van der Waals surface area contributed by atoms with Gasteiger partial charge >= 0.3 is 0 Å². The third kappa shape index (κ3) is 1.22. The normalized spacial score (nSPS) is 10.2. The number of para-hydroxylation sites is 2. The molecule has 0 bridgehead atoms. The van der Waals surface area contributed by atoms with Crippen molar-refractivity contribution in [3.8, 4) is 0 Å². The summed E-state index contributed by atoms with van der Waals surface area (Å²) >= 11 is 0. The highest BCUT2D eigenvalue weighted by Crippen LogP contribution is 2.05. The van der Waals surface area contributed by atoms with Gasteiger partial charge in [0.2, 0.25) is 11.7 Å². The van der Waals surface area contributed by atoms with E-state index in [0.717, 1.165) is 6.20 Å². The maximum atomic E-state index is 11.3. The van der Waals surface area contributed by atoms with Crippen molar-refractivity contribution in [3.05, 3.63) is 41.4 Å². The van der Waals surface area contributed by atoms with Gasteiger partial charge in [0.15, 0.2) is 5.69 Å². The second kappa shape index (κ2) is 2.82. The maximum Gasteiger partial charge on any atom is 0.259 e. The summed E-state index contributed by atoms with van der Waals surface area (Å²) in [6.45, 7) is 0. The van der Waals surface area contributed by atoms with E-state index in [9.17, 15) is 10.0 Å². The molecule has 0 saturated heterocycles.